The Morgan fingerprint density at radius 2 is 1.70 bits per heavy atom. The molecule has 1 unspecified atom stereocenters. The Morgan fingerprint density at radius 1 is 0.957 bits per heavy atom. The molecule has 0 fully saturated rings. The number of ether oxygens (including phenoxy) is 1. The van der Waals surface area contributed by atoms with E-state index in [9.17, 15) is 48.6 Å². The summed E-state index contributed by atoms with van der Waals surface area (Å²) >= 11 is 0. The summed E-state index contributed by atoms with van der Waals surface area (Å²) < 4.78 is 22.1. The van der Waals surface area contributed by atoms with Crippen LogP contribution in [0.25, 0.3) is 22.3 Å². The molecule has 1 aliphatic carbocycles. The highest BCUT2D eigenvalue weighted by Crippen LogP contribution is 2.46. The van der Waals surface area contributed by atoms with Crippen LogP contribution in [0.2, 0.25) is 0 Å². The van der Waals surface area contributed by atoms with Gasteiger partial charge in [0.15, 0.2) is 5.60 Å². The van der Waals surface area contributed by atoms with E-state index in [0.29, 0.717) is 77.6 Å². The summed E-state index contributed by atoms with van der Waals surface area (Å²) in [4.78, 5) is 110. The summed E-state index contributed by atoms with van der Waals surface area (Å²) in [7, 11) is 0. The zero-order valence-corrected chi connectivity index (χ0v) is 39.9. The third-order valence-corrected chi connectivity index (χ3v) is 13.8. The number of primary amides is 1. The summed E-state index contributed by atoms with van der Waals surface area (Å²) in [5, 5.41) is 35.9. The number of carbonyl (C=O) groups excluding carboxylic acids is 7. The topological polar surface area (TPSA) is 293 Å². The van der Waals surface area contributed by atoms with Gasteiger partial charge in [-0.15, -0.1) is 0 Å². The second-order valence-electron chi connectivity index (χ2n) is 18.8. The molecule has 9 N–H and O–H groups in total. The molecule has 70 heavy (non-hydrogen) atoms. The van der Waals surface area contributed by atoms with Crippen LogP contribution in [0.4, 0.5) is 9.18 Å². The number of nitrogens with zero attached hydrogens (tertiary/aromatic N) is 3. The molecule has 5 heterocycles. The summed E-state index contributed by atoms with van der Waals surface area (Å²) in [5.74, 6) is -3.74. The van der Waals surface area contributed by atoms with Crippen molar-refractivity contribution in [3.8, 4) is 11.4 Å². The highest BCUT2D eigenvalue weighted by molar-refractivity contribution is 5.95. The van der Waals surface area contributed by atoms with Gasteiger partial charge in [-0.2, -0.15) is 0 Å². The van der Waals surface area contributed by atoms with Crippen LogP contribution >= 0.6 is 0 Å². The number of nitrogens with one attached hydrogen (secondary N) is 5. The first-order chi connectivity index (χ1) is 33.3. The van der Waals surface area contributed by atoms with Gasteiger partial charge in [-0.1, -0.05) is 27.2 Å². The second kappa shape index (κ2) is 21.5. The number of hydrogen-bond donors (Lipinski definition) is 8. The number of halogens is 1. The Hall–Kier alpha value is -6.74. The maximum Gasteiger partial charge on any atom is 0.343 e. The van der Waals surface area contributed by atoms with E-state index in [1.165, 1.54) is 27.7 Å². The van der Waals surface area contributed by atoms with Gasteiger partial charge in [0.1, 0.15) is 30.7 Å². The summed E-state index contributed by atoms with van der Waals surface area (Å²) in [6, 6.07) is -0.420. The van der Waals surface area contributed by atoms with Gasteiger partial charge in [0.25, 0.3) is 5.56 Å². The highest BCUT2D eigenvalue weighted by atomic mass is 19.1. The fourth-order valence-electron chi connectivity index (χ4n) is 9.86. The van der Waals surface area contributed by atoms with Crippen LogP contribution in [0, 0.1) is 18.7 Å². The van der Waals surface area contributed by atoms with Crippen LogP contribution in [0.5, 0.6) is 0 Å². The van der Waals surface area contributed by atoms with Crippen LogP contribution in [-0.2, 0) is 58.7 Å². The molecule has 0 spiro atoms. The normalized spacial score (nSPS) is 19.5. The van der Waals surface area contributed by atoms with Gasteiger partial charge in [-0.3, -0.25) is 28.8 Å². The van der Waals surface area contributed by atoms with Crippen molar-refractivity contribution in [2.45, 2.75) is 141 Å². The van der Waals surface area contributed by atoms with Crippen molar-refractivity contribution in [3.63, 3.8) is 0 Å². The number of fused-ring (bicyclic) bond motifs is 5. The highest BCUT2D eigenvalue weighted by Gasteiger charge is 2.46. The van der Waals surface area contributed by atoms with Crippen LogP contribution < -0.4 is 37.9 Å². The van der Waals surface area contributed by atoms with Crippen LogP contribution in [0.1, 0.15) is 124 Å². The zero-order valence-electron chi connectivity index (χ0n) is 39.9. The van der Waals surface area contributed by atoms with E-state index < -0.39 is 65.1 Å². The number of aromatic nitrogens is 2. The standard InChI is InChI=1S/C49H62FN9O11/c1-5-49(69)30-21-35-43-28(23-59(35)46(66)29(30)24-70-47(49)67)41-32(15-14-27-26(4)31(50)22-34(55-43)40(27)41)54-36(60)13-10-18-52-44(64)33(11-9-19-53-48(51)68)56-45(65)42(25(2)3)57-37(61)12-7-6-8-20-58-38(62)16-17-39(58)63/h16-17,21-22,25,32-33,38,42,62,69H,5-15,18-20,23-24H2,1-4H3,(H,52,64)(H,54,60)(H,56,65)(H,57,61)(H3,51,53,68)/t32-,33-,38?,42-,49-/m0/s1. The smallest absolute Gasteiger partial charge is 0.343 e. The van der Waals surface area contributed by atoms with Crippen LogP contribution in [0.15, 0.2) is 29.1 Å². The van der Waals surface area contributed by atoms with Gasteiger partial charge >= 0.3 is 12.0 Å². The van der Waals surface area contributed by atoms with E-state index in [1.807, 2.05) is 0 Å². The number of unbranched alkanes of at least 4 members (excludes halogenated alkanes) is 2. The van der Waals surface area contributed by atoms with Crippen molar-refractivity contribution in [3.05, 3.63) is 73.8 Å². The molecular formula is C49H62FN9O11. The Balaban J connectivity index is 0.983. The van der Waals surface area contributed by atoms with Gasteiger partial charge < -0.3 is 56.7 Å². The number of aryl methyl sites for hydroxylation is 1. The third kappa shape index (κ3) is 10.5. The lowest BCUT2D eigenvalue weighted by molar-refractivity contribution is -0.172. The number of nitrogens with two attached hydrogens (primary N) is 1. The molecule has 0 saturated carbocycles. The van der Waals surface area contributed by atoms with E-state index in [1.54, 1.807) is 33.8 Å². The first kappa shape index (κ1) is 51.1. The lowest BCUT2D eigenvalue weighted by atomic mass is 9.81. The Morgan fingerprint density at radius 3 is 2.40 bits per heavy atom. The molecule has 0 bridgehead atoms. The zero-order chi connectivity index (χ0) is 50.6. The van der Waals surface area contributed by atoms with E-state index in [2.05, 4.69) is 26.6 Å². The van der Waals surface area contributed by atoms with Gasteiger partial charge in [-0.05, 0) is 93.0 Å². The molecule has 7 rings (SSSR count). The summed E-state index contributed by atoms with van der Waals surface area (Å²) in [6.45, 7) is 7.13. The number of rotatable bonds is 21. The van der Waals surface area contributed by atoms with Crippen LogP contribution in [-0.4, -0.2) is 104 Å². The number of hydrogen-bond acceptors (Lipinski definition) is 12. The molecule has 0 saturated heterocycles. The number of aliphatic hydroxyl groups is 2. The number of urea groups is 1. The Labute approximate surface area is 403 Å². The van der Waals surface area contributed by atoms with Gasteiger partial charge in [0, 0.05) is 61.1 Å². The molecule has 5 atom stereocenters. The molecule has 376 valence electrons. The molecule has 3 aromatic rings. The monoisotopic (exact) mass is 971 g/mol. The molecule has 0 radical (unpaired) electrons. The molecular weight excluding hydrogens is 910 g/mol. The summed E-state index contributed by atoms with van der Waals surface area (Å²) in [6.07, 6.45) is 4.96. The van der Waals surface area contributed by atoms with E-state index in [0.717, 1.165) is 5.56 Å². The lowest BCUT2D eigenvalue weighted by Crippen LogP contribution is -2.55. The number of aliphatic hydroxyl groups excluding tert-OH is 1. The molecule has 20 nitrogen and oxygen atoms in total. The summed E-state index contributed by atoms with van der Waals surface area (Å²) in [5.41, 5.74) is 6.67. The van der Waals surface area contributed by atoms with Gasteiger partial charge in [0.2, 0.25) is 29.5 Å². The Bertz CT molecular complexity index is 2700. The van der Waals surface area contributed by atoms with Crippen molar-refractivity contribution >= 4 is 52.4 Å². The molecule has 4 aliphatic rings. The quantitative estimate of drug-likeness (QED) is 0.0439. The minimum absolute atomic E-state index is 0.00487. The number of cyclic esters (lactones) is 1. The van der Waals surface area contributed by atoms with Crippen molar-refractivity contribution < 1.29 is 52.9 Å². The fourth-order valence-corrected chi connectivity index (χ4v) is 9.86. The predicted octanol–water partition coefficient (Wildman–Crippen LogP) is 1.88. The number of benzene rings is 1. The van der Waals surface area contributed by atoms with E-state index in [4.69, 9.17) is 15.5 Å². The average Bonchev–Trinajstić information content (AvgIpc) is 3.85. The SMILES string of the molecule is CC[C@@]1(O)C(=O)OCc2c1cc1n(c2=O)Cc2c-1nc1cc(F)c(C)c3c1c2[C@@H](NC(=O)CCCNC(=O)[C@H](CCCNC(N)=O)NC(=O)[C@@H](NC(=O)CCCCCN1C(=O)C=CC1O)C(C)C)CC3. The van der Waals surface area contributed by atoms with E-state index in [-0.39, 0.29) is 99.5 Å². The van der Waals surface area contributed by atoms with Crippen LogP contribution in [0.3, 0.4) is 0 Å². The van der Waals surface area contributed by atoms with Crippen molar-refractivity contribution in [1.29, 1.82) is 0 Å². The predicted molar refractivity (Wildman–Crippen MR) is 252 cm³/mol. The maximum atomic E-state index is 15.4. The first-order valence-electron chi connectivity index (χ1n) is 24.0. The van der Waals surface area contributed by atoms with Gasteiger partial charge in [0.05, 0.1) is 35.1 Å². The molecule has 1 aromatic carbocycles. The number of amides is 7. The van der Waals surface area contributed by atoms with Gasteiger partial charge in [-0.25, -0.2) is 19.0 Å². The van der Waals surface area contributed by atoms with Crippen molar-refractivity contribution in [2.75, 3.05) is 19.6 Å². The first-order valence-corrected chi connectivity index (χ1v) is 24.0. The molecule has 7 amide bonds. The number of esters is 1. The molecule has 3 aliphatic heterocycles. The fraction of sp³-hybridized carbons (Fsp3) is 0.531. The lowest BCUT2D eigenvalue weighted by Gasteiger charge is -2.31. The minimum atomic E-state index is -2.04. The number of carbonyl (C=O) groups is 7. The van der Waals surface area contributed by atoms with Crippen molar-refractivity contribution in [2.24, 2.45) is 11.7 Å². The van der Waals surface area contributed by atoms with E-state index >= 15 is 4.39 Å². The largest absolute Gasteiger partial charge is 0.458 e. The van der Waals surface area contributed by atoms with Crippen molar-refractivity contribution in [1.82, 2.24) is 41.0 Å². The average molecular weight is 972 g/mol. The Kier molecular flexibility index (Phi) is 15.7. The maximum absolute atomic E-state index is 15.4. The number of pyridine rings is 2. The second-order valence-corrected chi connectivity index (χ2v) is 18.8. The molecule has 2 aromatic heterocycles. The minimum Gasteiger partial charge on any atom is -0.458 e. The third-order valence-electron chi connectivity index (χ3n) is 13.8. The molecule has 21 heteroatoms.